The molecule has 1 aliphatic rings. The third-order valence-corrected chi connectivity index (χ3v) is 4.50. The summed E-state index contributed by atoms with van der Waals surface area (Å²) in [7, 11) is 4.94. The van der Waals surface area contributed by atoms with Crippen molar-refractivity contribution in [2.45, 2.75) is 44.7 Å². The summed E-state index contributed by atoms with van der Waals surface area (Å²) in [5.74, 6) is 2.15. The molecular weight excluding hydrogens is 459 g/mol. The van der Waals surface area contributed by atoms with Gasteiger partial charge in [0.1, 0.15) is 0 Å². The van der Waals surface area contributed by atoms with Gasteiger partial charge in [0.25, 0.3) is 0 Å². The highest BCUT2D eigenvalue weighted by atomic mass is 127. The Hall–Kier alpha value is -1.71. The van der Waals surface area contributed by atoms with Crippen molar-refractivity contribution < 1.29 is 14.3 Å². The molecule has 0 atom stereocenters. The van der Waals surface area contributed by atoms with Crippen molar-refractivity contribution >= 4 is 35.8 Å². The molecule has 3 N–H and O–H groups in total. The minimum atomic E-state index is 0. The molecule has 27 heavy (non-hydrogen) atoms. The van der Waals surface area contributed by atoms with Gasteiger partial charge >= 0.3 is 0 Å². The number of hydrogen-bond acceptors (Lipinski definition) is 4. The van der Waals surface area contributed by atoms with Crippen molar-refractivity contribution in [2.75, 3.05) is 27.8 Å². The molecule has 8 heteroatoms. The summed E-state index contributed by atoms with van der Waals surface area (Å²) in [6, 6.07) is 6.13. The second-order valence-corrected chi connectivity index (χ2v) is 6.34. The van der Waals surface area contributed by atoms with Crippen molar-refractivity contribution in [2.24, 2.45) is 4.99 Å². The Morgan fingerprint density at radius 2 is 1.85 bits per heavy atom. The quantitative estimate of drug-likeness (QED) is 0.296. The maximum absolute atomic E-state index is 11.9. The van der Waals surface area contributed by atoms with Gasteiger partial charge in [-0.1, -0.05) is 18.9 Å². The van der Waals surface area contributed by atoms with E-state index in [4.69, 9.17) is 9.47 Å². The van der Waals surface area contributed by atoms with Crippen molar-refractivity contribution in [1.82, 2.24) is 16.0 Å². The fraction of sp³-hybridized carbons (Fsp3) is 0.579. The molecule has 0 bridgehead atoms. The molecule has 1 fully saturated rings. The van der Waals surface area contributed by atoms with Crippen LogP contribution in [0.1, 0.15) is 37.7 Å². The summed E-state index contributed by atoms with van der Waals surface area (Å²) in [5, 5.41) is 9.49. The molecule has 1 amide bonds. The lowest BCUT2D eigenvalue weighted by atomic mass is 10.2. The highest BCUT2D eigenvalue weighted by Crippen LogP contribution is 2.27. The SMILES string of the molecule is CN=C(NCCC(=O)NC1CCCC1)NCc1ccc(OC)c(OC)c1.I. The van der Waals surface area contributed by atoms with Crippen LogP contribution in [0.15, 0.2) is 23.2 Å². The molecule has 2 rings (SSSR count). The molecule has 0 saturated heterocycles. The number of ether oxygens (including phenoxy) is 2. The topological polar surface area (TPSA) is 84.0 Å². The van der Waals surface area contributed by atoms with Gasteiger partial charge in [-0.15, -0.1) is 24.0 Å². The molecule has 0 unspecified atom stereocenters. The van der Waals surface area contributed by atoms with E-state index < -0.39 is 0 Å². The first-order chi connectivity index (χ1) is 12.7. The van der Waals surface area contributed by atoms with E-state index >= 15 is 0 Å². The summed E-state index contributed by atoms with van der Waals surface area (Å²) in [6.45, 7) is 1.14. The van der Waals surface area contributed by atoms with Crippen molar-refractivity contribution in [3.63, 3.8) is 0 Å². The molecule has 1 aromatic carbocycles. The lowest BCUT2D eigenvalue weighted by molar-refractivity contribution is -0.121. The molecule has 0 aliphatic heterocycles. The van der Waals surface area contributed by atoms with Gasteiger partial charge in [-0.05, 0) is 30.5 Å². The lowest BCUT2D eigenvalue weighted by Crippen LogP contribution is -2.40. The smallest absolute Gasteiger partial charge is 0.221 e. The number of halogens is 1. The first-order valence-electron chi connectivity index (χ1n) is 9.11. The second kappa shape index (κ2) is 12.6. The zero-order valence-electron chi connectivity index (χ0n) is 16.3. The Labute approximate surface area is 178 Å². The number of aliphatic imine (C=N–C) groups is 1. The van der Waals surface area contributed by atoms with Gasteiger partial charge < -0.3 is 25.4 Å². The predicted molar refractivity (Wildman–Crippen MR) is 118 cm³/mol. The predicted octanol–water partition coefficient (Wildman–Crippen LogP) is 2.44. The number of methoxy groups -OCH3 is 2. The van der Waals surface area contributed by atoms with Gasteiger partial charge in [0.05, 0.1) is 14.2 Å². The molecule has 7 nitrogen and oxygen atoms in total. The largest absolute Gasteiger partial charge is 0.493 e. The number of hydrogen-bond donors (Lipinski definition) is 3. The fourth-order valence-electron chi connectivity index (χ4n) is 3.06. The maximum Gasteiger partial charge on any atom is 0.221 e. The normalized spacial score (nSPS) is 14.3. The summed E-state index contributed by atoms with van der Waals surface area (Å²) >= 11 is 0. The second-order valence-electron chi connectivity index (χ2n) is 6.34. The number of benzene rings is 1. The van der Waals surface area contributed by atoms with E-state index in [1.165, 1.54) is 12.8 Å². The zero-order chi connectivity index (χ0) is 18.8. The standard InChI is InChI=1S/C19H30N4O3.HI/c1-20-19(21-11-10-18(24)23-15-6-4-5-7-15)22-13-14-8-9-16(25-2)17(12-14)26-3;/h8-9,12,15H,4-7,10-11,13H2,1-3H3,(H,23,24)(H2,20,21,22);1H. The highest BCUT2D eigenvalue weighted by molar-refractivity contribution is 14.0. The third kappa shape index (κ3) is 7.82. The van der Waals surface area contributed by atoms with Gasteiger partial charge in [0.2, 0.25) is 5.91 Å². The van der Waals surface area contributed by atoms with Crippen LogP contribution in [-0.2, 0) is 11.3 Å². The number of nitrogens with one attached hydrogen (secondary N) is 3. The van der Waals surface area contributed by atoms with Gasteiger partial charge in [-0.2, -0.15) is 0 Å². The first-order valence-corrected chi connectivity index (χ1v) is 9.11. The van der Waals surface area contributed by atoms with E-state index in [1.807, 2.05) is 18.2 Å². The van der Waals surface area contributed by atoms with Gasteiger partial charge in [-0.25, -0.2) is 0 Å². The summed E-state index contributed by atoms with van der Waals surface area (Å²) in [6.07, 6.45) is 5.08. The van der Waals surface area contributed by atoms with E-state index in [-0.39, 0.29) is 29.9 Å². The highest BCUT2D eigenvalue weighted by Gasteiger charge is 2.16. The van der Waals surface area contributed by atoms with Crippen LogP contribution in [0.2, 0.25) is 0 Å². The number of carbonyl (C=O) groups is 1. The van der Waals surface area contributed by atoms with Crippen LogP contribution < -0.4 is 25.4 Å². The number of amides is 1. The summed E-state index contributed by atoms with van der Waals surface area (Å²) in [4.78, 5) is 16.1. The minimum absolute atomic E-state index is 0. The van der Waals surface area contributed by atoms with Crippen molar-refractivity contribution in [1.29, 1.82) is 0 Å². The molecule has 0 spiro atoms. The molecule has 152 valence electrons. The Morgan fingerprint density at radius 3 is 2.48 bits per heavy atom. The average molecular weight is 490 g/mol. The Kier molecular flexibility index (Phi) is 10.9. The lowest BCUT2D eigenvalue weighted by Gasteiger charge is -2.14. The van der Waals surface area contributed by atoms with Gasteiger partial charge in [0, 0.05) is 32.6 Å². The summed E-state index contributed by atoms with van der Waals surface area (Å²) in [5.41, 5.74) is 1.05. The maximum atomic E-state index is 11.9. The van der Waals surface area contributed by atoms with Crippen molar-refractivity contribution in [3.05, 3.63) is 23.8 Å². The van der Waals surface area contributed by atoms with E-state index in [0.29, 0.717) is 43.0 Å². The van der Waals surface area contributed by atoms with Crippen LogP contribution in [0.4, 0.5) is 0 Å². The Bertz CT molecular complexity index is 619. The molecule has 1 aromatic rings. The van der Waals surface area contributed by atoms with Crippen LogP contribution in [0.5, 0.6) is 11.5 Å². The third-order valence-electron chi connectivity index (χ3n) is 4.50. The first kappa shape index (κ1) is 23.3. The molecule has 0 heterocycles. The summed E-state index contributed by atoms with van der Waals surface area (Å²) < 4.78 is 10.6. The van der Waals surface area contributed by atoms with E-state index in [1.54, 1.807) is 21.3 Å². The van der Waals surface area contributed by atoms with E-state index in [2.05, 4.69) is 20.9 Å². The fourth-order valence-corrected chi connectivity index (χ4v) is 3.06. The number of guanidine groups is 1. The van der Waals surface area contributed by atoms with E-state index in [9.17, 15) is 4.79 Å². The zero-order valence-corrected chi connectivity index (χ0v) is 18.7. The molecule has 0 aromatic heterocycles. The van der Waals surface area contributed by atoms with E-state index in [0.717, 1.165) is 18.4 Å². The number of nitrogens with zero attached hydrogens (tertiary/aromatic N) is 1. The molecule has 0 radical (unpaired) electrons. The Morgan fingerprint density at radius 1 is 1.15 bits per heavy atom. The number of rotatable bonds is 8. The molecule has 1 aliphatic carbocycles. The monoisotopic (exact) mass is 490 g/mol. The van der Waals surface area contributed by atoms with Crippen LogP contribution in [-0.4, -0.2) is 45.7 Å². The van der Waals surface area contributed by atoms with Gasteiger partial charge in [0.15, 0.2) is 17.5 Å². The average Bonchev–Trinajstić information content (AvgIpc) is 3.17. The van der Waals surface area contributed by atoms with Crippen LogP contribution in [0.25, 0.3) is 0 Å². The van der Waals surface area contributed by atoms with Crippen LogP contribution in [0, 0.1) is 0 Å². The van der Waals surface area contributed by atoms with Crippen LogP contribution >= 0.6 is 24.0 Å². The van der Waals surface area contributed by atoms with Crippen LogP contribution in [0.3, 0.4) is 0 Å². The molecular formula is C19H31IN4O3. The minimum Gasteiger partial charge on any atom is -0.493 e. The number of carbonyl (C=O) groups excluding carboxylic acids is 1. The Balaban J connectivity index is 0.00000364. The van der Waals surface area contributed by atoms with Crippen molar-refractivity contribution in [3.8, 4) is 11.5 Å². The van der Waals surface area contributed by atoms with Gasteiger partial charge in [-0.3, -0.25) is 9.79 Å². The molecule has 1 saturated carbocycles.